The summed E-state index contributed by atoms with van der Waals surface area (Å²) in [4.78, 5) is 2.38. The maximum absolute atomic E-state index is 5.84. The fourth-order valence-electron chi connectivity index (χ4n) is 3.36. The average Bonchev–Trinajstić information content (AvgIpc) is 3.36. The molecular formula is C19H23N5O2. The Labute approximate surface area is 152 Å². The number of benzene rings is 1. The Morgan fingerprint density at radius 3 is 2.65 bits per heavy atom. The standard InChI is InChI=1S/C19H23N5O2/c1-25-17-5-3-16(4-6-17)19-22-21-18(26-19)14-23-11-7-15(8-12-23)13-24-10-2-9-20-24/h2-6,9-10,15H,7-8,11-14H2,1H3. The largest absolute Gasteiger partial charge is 0.497 e. The minimum Gasteiger partial charge on any atom is -0.497 e. The highest BCUT2D eigenvalue weighted by molar-refractivity contribution is 5.53. The van der Waals surface area contributed by atoms with Gasteiger partial charge in [0.1, 0.15) is 5.75 Å². The third kappa shape index (κ3) is 3.94. The van der Waals surface area contributed by atoms with Crippen LogP contribution in [0.5, 0.6) is 5.75 Å². The lowest BCUT2D eigenvalue weighted by Gasteiger charge is -2.30. The van der Waals surface area contributed by atoms with Gasteiger partial charge in [0.15, 0.2) is 0 Å². The first-order valence-electron chi connectivity index (χ1n) is 8.97. The molecule has 0 spiro atoms. The van der Waals surface area contributed by atoms with Crippen LogP contribution in [0.1, 0.15) is 18.7 Å². The number of likely N-dealkylation sites (tertiary alicyclic amines) is 1. The van der Waals surface area contributed by atoms with Crippen molar-refractivity contribution < 1.29 is 9.15 Å². The molecule has 1 fully saturated rings. The van der Waals surface area contributed by atoms with Gasteiger partial charge >= 0.3 is 0 Å². The van der Waals surface area contributed by atoms with Crippen LogP contribution in [0.4, 0.5) is 0 Å². The second kappa shape index (κ2) is 7.70. The number of hydrogen-bond donors (Lipinski definition) is 0. The summed E-state index contributed by atoms with van der Waals surface area (Å²) in [6.45, 7) is 3.80. The lowest BCUT2D eigenvalue weighted by Crippen LogP contribution is -2.34. The number of nitrogens with zero attached hydrogens (tertiary/aromatic N) is 5. The van der Waals surface area contributed by atoms with Gasteiger partial charge in [0.2, 0.25) is 11.8 Å². The van der Waals surface area contributed by atoms with E-state index in [2.05, 4.69) is 20.2 Å². The third-order valence-electron chi connectivity index (χ3n) is 4.87. The van der Waals surface area contributed by atoms with Gasteiger partial charge in [-0.05, 0) is 62.2 Å². The van der Waals surface area contributed by atoms with E-state index < -0.39 is 0 Å². The van der Waals surface area contributed by atoms with Gasteiger partial charge in [0.25, 0.3) is 0 Å². The normalized spacial score (nSPS) is 16.0. The molecule has 3 aromatic rings. The summed E-state index contributed by atoms with van der Waals surface area (Å²) in [6.07, 6.45) is 6.20. The molecule has 3 heterocycles. The van der Waals surface area contributed by atoms with E-state index in [0.717, 1.165) is 30.9 Å². The van der Waals surface area contributed by atoms with Crippen LogP contribution >= 0.6 is 0 Å². The molecule has 2 aromatic heterocycles. The molecule has 1 aliphatic heterocycles. The molecule has 26 heavy (non-hydrogen) atoms. The van der Waals surface area contributed by atoms with Gasteiger partial charge in [0, 0.05) is 24.5 Å². The third-order valence-corrected chi connectivity index (χ3v) is 4.87. The maximum atomic E-state index is 5.84. The Kier molecular flexibility index (Phi) is 4.97. The number of hydrogen-bond acceptors (Lipinski definition) is 6. The van der Waals surface area contributed by atoms with Crippen LogP contribution in [0, 0.1) is 5.92 Å². The smallest absolute Gasteiger partial charge is 0.247 e. The quantitative estimate of drug-likeness (QED) is 0.679. The zero-order valence-electron chi connectivity index (χ0n) is 14.9. The van der Waals surface area contributed by atoms with E-state index in [4.69, 9.17) is 9.15 Å². The van der Waals surface area contributed by atoms with E-state index in [0.29, 0.717) is 24.2 Å². The predicted octanol–water partition coefficient (Wildman–Crippen LogP) is 2.85. The molecule has 0 radical (unpaired) electrons. The van der Waals surface area contributed by atoms with Crippen LogP contribution < -0.4 is 4.74 Å². The van der Waals surface area contributed by atoms with E-state index in [1.165, 1.54) is 12.8 Å². The van der Waals surface area contributed by atoms with Crippen molar-refractivity contribution in [3.63, 3.8) is 0 Å². The van der Waals surface area contributed by atoms with E-state index >= 15 is 0 Å². The molecule has 0 aliphatic carbocycles. The average molecular weight is 353 g/mol. The van der Waals surface area contributed by atoms with Crippen molar-refractivity contribution in [2.75, 3.05) is 20.2 Å². The highest BCUT2D eigenvalue weighted by atomic mass is 16.5. The second-order valence-electron chi connectivity index (χ2n) is 6.68. The number of piperidine rings is 1. The Balaban J connectivity index is 1.30. The van der Waals surface area contributed by atoms with Crippen molar-refractivity contribution in [1.82, 2.24) is 24.9 Å². The van der Waals surface area contributed by atoms with Gasteiger partial charge < -0.3 is 9.15 Å². The molecule has 0 amide bonds. The summed E-state index contributed by atoms with van der Waals surface area (Å²) in [6, 6.07) is 9.62. The molecular weight excluding hydrogens is 330 g/mol. The van der Waals surface area contributed by atoms with Crippen molar-refractivity contribution in [3.8, 4) is 17.2 Å². The van der Waals surface area contributed by atoms with Crippen molar-refractivity contribution >= 4 is 0 Å². The van der Waals surface area contributed by atoms with Crippen molar-refractivity contribution in [2.24, 2.45) is 5.92 Å². The number of methoxy groups -OCH3 is 1. The van der Waals surface area contributed by atoms with Crippen LogP contribution in [0.3, 0.4) is 0 Å². The predicted molar refractivity (Wildman–Crippen MR) is 96.5 cm³/mol. The van der Waals surface area contributed by atoms with Crippen LogP contribution in [0.2, 0.25) is 0 Å². The molecule has 0 N–H and O–H groups in total. The molecule has 4 rings (SSSR count). The summed E-state index contributed by atoms with van der Waals surface area (Å²) < 4.78 is 13.0. The highest BCUT2D eigenvalue weighted by Gasteiger charge is 2.21. The van der Waals surface area contributed by atoms with Crippen molar-refractivity contribution in [1.29, 1.82) is 0 Å². The van der Waals surface area contributed by atoms with Gasteiger partial charge in [0.05, 0.1) is 13.7 Å². The zero-order chi connectivity index (χ0) is 17.8. The first-order chi connectivity index (χ1) is 12.8. The van der Waals surface area contributed by atoms with Gasteiger partial charge in [-0.2, -0.15) is 5.10 Å². The molecule has 136 valence electrons. The van der Waals surface area contributed by atoms with E-state index in [-0.39, 0.29) is 0 Å². The maximum Gasteiger partial charge on any atom is 0.247 e. The fourth-order valence-corrected chi connectivity index (χ4v) is 3.36. The summed E-state index contributed by atoms with van der Waals surface area (Å²) in [5.74, 6) is 2.72. The van der Waals surface area contributed by atoms with E-state index in [1.54, 1.807) is 7.11 Å². The van der Waals surface area contributed by atoms with Crippen LogP contribution in [-0.4, -0.2) is 45.1 Å². The lowest BCUT2D eigenvalue weighted by atomic mass is 9.97. The van der Waals surface area contributed by atoms with Gasteiger partial charge in [-0.1, -0.05) is 0 Å². The minimum atomic E-state index is 0.552. The number of aromatic nitrogens is 4. The van der Waals surface area contributed by atoms with E-state index in [1.807, 2.05) is 47.4 Å². The van der Waals surface area contributed by atoms with Crippen LogP contribution in [0.15, 0.2) is 47.1 Å². The summed E-state index contributed by atoms with van der Waals surface area (Å²) in [5.41, 5.74) is 0.905. The zero-order valence-corrected chi connectivity index (χ0v) is 14.9. The molecule has 7 nitrogen and oxygen atoms in total. The Morgan fingerprint density at radius 1 is 1.15 bits per heavy atom. The van der Waals surface area contributed by atoms with Crippen molar-refractivity contribution in [3.05, 3.63) is 48.6 Å². The molecule has 7 heteroatoms. The molecule has 1 aliphatic rings. The molecule has 0 atom stereocenters. The minimum absolute atomic E-state index is 0.552. The van der Waals surface area contributed by atoms with Crippen molar-refractivity contribution in [2.45, 2.75) is 25.9 Å². The first kappa shape index (κ1) is 16.8. The summed E-state index contributed by atoms with van der Waals surface area (Å²) in [5, 5.41) is 12.7. The summed E-state index contributed by atoms with van der Waals surface area (Å²) >= 11 is 0. The molecule has 0 saturated carbocycles. The Bertz CT molecular complexity index is 805. The first-order valence-corrected chi connectivity index (χ1v) is 8.97. The Morgan fingerprint density at radius 2 is 1.96 bits per heavy atom. The van der Waals surface area contributed by atoms with Gasteiger partial charge in [-0.25, -0.2) is 0 Å². The monoisotopic (exact) mass is 353 g/mol. The molecule has 0 bridgehead atoms. The van der Waals surface area contributed by atoms with Gasteiger partial charge in [-0.3, -0.25) is 9.58 Å². The lowest BCUT2D eigenvalue weighted by molar-refractivity contribution is 0.153. The van der Waals surface area contributed by atoms with E-state index in [9.17, 15) is 0 Å². The fraction of sp³-hybridized carbons (Fsp3) is 0.421. The SMILES string of the molecule is COc1ccc(-c2nnc(CN3CCC(Cn4cccn4)CC3)o2)cc1. The highest BCUT2D eigenvalue weighted by Crippen LogP contribution is 2.23. The van der Waals surface area contributed by atoms with Crippen LogP contribution in [0.25, 0.3) is 11.5 Å². The topological polar surface area (TPSA) is 69.2 Å². The molecule has 1 saturated heterocycles. The Hall–Kier alpha value is -2.67. The van der Waals surface area contributed by atoms with Gasteiger partial charge in [-0.15, -0.1) is 10.2 Å². The summed E-state index contributed by atoms with van der Waals surface area (Å²) in [7, 11) is 1.65. The van der Waals surface area contributed by atoms with Crippen LogP contribution in [-0.2, 0) is 13.1 Å². The number of rotatable bonds is 6. The number of ether oxygens (including phenoxy) is 1. The second-order valence-corrected chi connectivity index (χ2v) is 6.68. The molecule has 0 unspecified atom stereocenters. The molecule has 1 aromatic carbocycles.